The van der Waals surface area contributed by atoms with Gasteiger partial charge in [0.1, 0.15) is 5.75 Å². The van der Waals surface area contributed by atoms with Crippen LogP contribution in [0, 0.1) is 0 Å². The lowest BCUT2D eigenvalue weighted by Crippen LogP contribution is -2.40. The number of alkyl halides is 3. The quantitative estimate of drug-likeness (QED) is 0.742. The minimum absolute atomic E-state index is 0.201. The number of carbonyl (C=O) groups excluding carboxylic acids is 1. The van der Waals surface area contributed by atoms with Crippen LogP contribution in [0.25, 0.3) is 0 Å². The van der Waals surface area contributed by atoms with E-state index in [0.29, 0.717) is 13.0 Å². The number of aliphatic hydroxyl groups is 1. The Hall–Kier alpha value is -1.96. The molecule has 24 heavy (non-hydrogen) atoms. The largest absolute Gasteiger partial charge is 0.494 e. The number of rotatable bonds is 6. The number of hydrogen-bond acceptors (Lipinski definition) is 3. The van der Waals surface area contributed by atoms with Gasteiger partial charge in [0.2, 0.25) is 0 Å². The molecule has 0 spiro atoms. The van der Waals surface area contributed by atoms with Crippen molar-refractivity contribution in [2.24, 2.45) is 0 Å². The smallest absolute Gasteiger partial charge is 0.414 e. The first-order valence-electron chi connectivity index (χ1n) is 7.86. The molecule has 134 valence electrons. The van der Waals surface area contributed by atoms with Crippen LogP contribution in [0.1, 0.15) is 36.9 Å². The molecule has 0 aromatic heterocycles. The van der Waals surface area contributed by atoms with E-state index < -0.39 is 24.7 Å². The first-order chi connectivity index (χ1) is 11.3. The van der Waals surface area contributed by atoms with E-state index >= 15 is 0 Å². The molecule has 0 heterocycles. The van der Waals surface area contributed by atoms with Gasteiger partial charge in [-0.3, -0.25) is 0 Å². The number of halogens is 3. The van der Waals surface area contributed by atoms with Gasteiger partial charge in [0.05, 0.1) is 12.6 Å². The zero-order chi connectivity index (χ0) is 17.7. The molecule has 5 nitrogen and oxygen atoms in total. The van der Waals surface area contributed by atoms with Crippen LogP contribution in [0.5, 0.6) is 5.75 Å². The average Bonchev–Trinajstić information content (AvgIpc) is 2.91. The van der Waals surface area contributed by atoms with Crippen molar-refractivity contribution in [3.63, 3.8) is 0 Å². The van der Waals surface area contributed by atoms with Crippen LogP contribution < -0.4 is 15.4 Å². The number of aliphatic hydroxyl groups excluding tert-OH is 1. The number of urea groups is 1. The third-order valence-corrected chi connectivity index (χ3v) is 3.91. The molecule has 0 saturated carbocycles. The number of nitrogens with one attached hydrogen (secondary N) is 2. The minimum Gasteiger partial charge on any atom is -0.494 e. The molecule has 8 heteroatoms. The second-order valence-electron chi connectivity index (χ2n) is 5.59. The highest BCUT2D eigenvalue weighted by Gasteiger charge is 2.37. The van der Waals surface area contributed by atoms with Crippen molar-refractivity contribution < 1.29 is 27.8 Å². The average molecular weight is 346 g/mol. The topological polar surface area (TPSA) is 70.6 Å². The van der Waals surface area contributed by atoms with E-state index in [1.54, 1.807) is 0 Å². The van der Waals surface area contributed by atoms with E-state index in [2.05, 4.69) is 10.6 Å². The third-order valence-electron chi connectivity index (χ3n) is 3.91. The van der Waals surface area contributed by atoms with Crippen molar-refractivity contribution in [3.05, 3.63) is 29.3 Å². The standard InChI is InChI=1S/C16H21F3N2O3/c1-2-24-13-5-3-4-10-11(13)6-7-12(10)21-15(23)20-9-8-14(22)16(17,18)19/h3-5,12,14,22H,2,6-9H2,1H3,(H2,20,21,23)/t12-,14-/m0/s1. The van der Waals surface area contributed by atoms with Crippen molar-refractivity contribution >= 4 is 6.03 Å². The molecule has 0 bridgehead atoms. The SMILES string of the molecule is CCOc1cccc2c1CC[C@@H]2NC(=O)NCC[C@H](O)C(F)(F)F. The number of ether oxygens (including phenoxy) is 1. The third kappa shape index (κ3) is 4.53. The van der Waals surface area contributed by atoms with Gasteiger partial charge in [0.15, 0.2) is 6.10 Å². The molecule has 0 saturated heterocycles. The van der Waals surface area contributed by atoms with Gasteiger partial charge < -0.3 is 20.5 Å². The van der Waals surface area contributed by atoms with Crippen LogP contribution in [0.2, 0.25) is 0 Å². The predicted molar refractivity (Wildman–Crippen MR) is 81.9 cm³/mol. The van der Waals surface area contributed by atoms with E-state index in [1.165, 1.54) is 0 Å². The van der Waals surface area contributed by atoms with Crippen LogP contribution in [0.15, 0.2) is 18.2 Å². The summed E-state index contributed by atoms with van der Waals surface area (Å²) in [5.74, 6) is 0.799. The molecule has 0 fully saturated rings. The molecule has 1 aromatic rings. The Morgan fingerprint density at radius 3 is 2.88 bits per heavy atom. The number of hydrogen-bond donors (Lipinski definition) is 3. The first-order valence-corrected chi connectivity index (χ1v) is 7.86. The van der Waals surface area contributed by atoms with E-state index in [1.807, 2.05) is 25.1 Å². The lowest BCUT2D eigenvalue weighted by Gasteiger charge is -2.17. The highest BCUT2D eigenvalue weighted by Crippen LogP contribution is 2.36. The van der Waals surface area contributed by atoms with E-state index in [0.717, 1.165) is 23.3 Å². The molecule has 1 aromatic carbocycles. The monoisotopic (exact) mass is 346 g/mol. The zero-order valence-corrected chi connectivity index (χ0v) is 13.3. The molecular weight excluding hydrogens is 325 g/mol. The molecular formula is C16H21F3N2O3. The lowest BCUT2D eigenvalue weighted by atomic mass is 10.1. The van der Waals surface area contributed by atoms with E-state index in [9.17, 15) is 18.0 Å². The molecule has 0 aliphatic heterocycles. The van der Waals surface area contributed by atoms with Crippen LogP contribution in [-0.2, 0) is 6.42 Å². The van der Waals surface area contributed by atoms with Crippen molar-refractivity contribution in [2.75, 3.05) is 13.2 Å². The van der Waals surface area contributed by atoms with Gasteiger partial charge in [-0.1, -0.05) is 12.1 Å². The van der Waals surface area contributed by atoms with Gasteiger partial charge in [-0.2, -0.15) is 13.2 Å². The lowest BCUT2D eigenvalue weighted by molar-refractivity contribution is -0.204. The normalized spacial score (nSPS) is 18.0. The molecule has 1 aliphatic rings. The van der Waals surface area contributed by atoms with Gasteiger partial charge >= 0.3 is 12.2 Å². The van der Waals surface area contributed by atoms with Gasteiger partial charge in [-0.05, 0) is 43.4 Å². The summed E-state index contributed by atoms with van der Waals surface area (Å²) in [4.78, 5) is 11.8. The van der Waals surface area contributed by atoms with Crippen LogP contribution >= 0.6 is 0 Å². The van der Waals surface area contributed by atoms with Gasteiger partial charge in [-0.15, -0.1) is 0 Å². The number of benzene rings is 1. The molecule has 0 unspecified atom stereocenters. The fraction of sp³-hybridized carbons (Fsp3) is 0.562. The zero-order valence-electron chi connectivity index (χ0n) is 13.3. The molecule has 2 atom stereocenters. The minimum atomic E-state index is -4.67. The van der Waals surface area contributed by atoms with Gasteiger partial charge in [-0.25, -0.2) is 4.79 Å². The van der Waals surface area contributed by atoms with Crippen molar-refractivity contribution in [1.82, 2.24) is 10.6 Å². The summed E-state index contributed by atoms with van der Waals surface area (Å²) in [6.45, 7) is 2.19. The fourth-order valence-corrected chi connectivity index (χ4v) is 2.76. The predicted octanol–water partition coefficient (Wildman–Crippen LogP) is 2.69. The Bertz CT molecular complexity index is 578. The van der Waals surface area contributed by atoms with E-state index in [-0.39, 0.29) is 12.6 Å². The maximum Gasteiger partial charge on any atom is 0.414 e. The summed E-state index contributed by atoms with van der Waals surface area (Å²) in [6.07, 6.45) is -6.20. The molecule has 2 rings (SSSR count). The Morgan fingerprint density at radius 1 is 1.46 bits per heavy atom. The second kappa shape index (κ2) is 7.74. The first kappa shape index (κ1) is 18.4. The Morgan fingerprint density at radius 2 is 2.21 bits per heavy atom. The number of carbonyl (C=O) groups is 1. The summed E-state index contributed by atoms with van der Waals surface area (Å²) in [6, 6.07) is 4.88. The van der Waals surface area contributed by atoms with Gasteiger partial charge in [0, 0.05) is 6.54 Å². The highest BCUT2D eigenvalue weighted by atomic mass is 19.4. The highest BCUT2D eigenvalue weighted by molar-refractivity contribution is 5.74. The summed E-state index contributed by atoms with van der Waals surface area (Å²) >= 11 is 0. The van der Waals surface area contributed by atoms with Crippen LogP contribution in [0.3, 0.4) is 0 Å². The Labute approximate surface area is 138 Å². The maximum absolute atomic E-state index is 12.2. The molecule has 2 amide bonds. The van der Waals surface area contributed by atoms with Crippen LogP contribution in [0.4, 0.5) is 18.0 Å². The maximum atomic E-state index is 12.2. The second-order valence-corrected chi connectivity index (χ2v) is 5.59. The molecule has 0 radical (unpaired) electrons. The van der Waals surface area contributed by atoms with Crippen molar-refractivity contribution in [1.29, 1.82) is 0 Å². The van der Waals surface area contributed by atoms with Gasteiger partial charge in [0.25, 0.3) is 0 Å². The van der Waals surface area contributed by atoms with Crippen molar-refractivity contribution in [3.8, 4) is 5.75 Å². The van der Waals surface area contributed by atoms with E-state index in [4.69, 9.17) is 9.84 Å². The number of amides is 2. The Balaban J connectivity index is 1.86. The fourth-order valence-electron chi connectivity index (χ4n) is 2.76. The van der Waals surface area contributed by atoms with Crippen molar-refractivity contribution in [2.45, 2.75) is 44.5 Å². The summed E-state index contributed by atoms with van der Waals surface area (Å²) in [5.41, 5.74) is 2.02. The summed E-state index contributed by atoms with van der Waals surface area (Å²) in [5, 5.41) is 14.0. The molecule has 1 aliphatic carbocycles. The van der Waals surface area contributed by atoms with Crippen LogP contribution in [-0.4, -0.2) is 36.6 Å². The number of fused-ring (bicyclic) bond motifs is 1. The summed E-state index contributed by atoms with van der Waals surface area (Å²) in [7, 11) is 0. The molecule has 3 N–H and O–H groups in total. The Kier molecular flexibility index (Phi) is 5.93. The summed E-state index contributed by atoms with van der Waals surface area (Å²) < 4.78 is 42.1.